The lowest BCUT2D eigenvalue weighted by Gasteiger charge is -2.26. The van der Waals surface area contributed by atoms with E-state index in [1.54, 1.807) is 0 Å². The van der Waals surface area contributed by atoms with Crippen molar-refractivity contribution in [3.8, 4) is 0 Å². The third kappa shape index (κ3) is 16.3. The number of unbranched alkanes of at least 4 members (excludes halogenated alkanes) is 13. The average molecular weight is 315 g/mol. The second kappa shape index (κ2) is 15.8. The Hall–Kier alpha value is -0.0800. The second-order valence-corrected chi connectivity index (χ2v) is 7.31. The first-order valence-corrected chi connectivity index (χ1v) is 10.1. The van der Waals surface area contributed by atoms with Gasteiger partial charge in [0.05, 0.1) is 14.1 Å². The summed E-state index contributed by atoms with van der Waals surface area (Å²) < 4.78 is 0.717. The largest absolute Gasteiger partial charge is 0.204 e. The molecule has 0 atom stereocenters. The first-order valence-electron chi connectivity index (χ1n) is 10.1. The Labute approximate surface area is 141 Å². The van der Waals surface area contributed by atoms with Crippen LogP contribution in [0.25, 0.3) is 0 Å². The summed E-state index contributed by atoms with van der Waals surface area (Å²) in [5, 5.41) is 0. The first-order chi connectivity index (χ1) is 10.6. The van der Waals surface area contributed by atoms with Crippen LogP contribution in [0, 0.1) is 0 Å². The number of nitrogens with zero attached hydrogens (tertiary/aromatic N) is 1. The zero-order chi connectivity index (χ0) is 16.5. The molecule has 0 bridgehead atoms. The maximum Gasteiger partial charge on any atom is 0.108 e. The summed E-state index contributed by atoms with van der Waals surface area (Å²) in [6.45, 7) is 6.32. The van der Waals surface area contributed by atoms with Crippen LogP contribution in [0.4, 0.5) is 0 Å². The molecule has 0 fully saturated rings. The molecule has 134 valence electrons. The summed E-state index contributed by atoms with van der Waals surface area (Å²) in [4.78, 5) is 5.68. The summed E-state index contributed by atoms with van der Waals surface area (Å²) >= 11 is 0. The first kappa shape index (κ1) is 21.9. The fraction of sp³-hybridized carbons (Fsp3) is 1.00. The molecule has 0 unspecified atom stereocenters. The Morgan fingerprint density at radius 2 is 0.909 bits per heavy atom. The smallest absolute Gasteiger partial charge is 0.108 e. The molecule has 0 aromatic heterocycles. The molecule has 0 saturated carbocycles. The Bertz CT molecular complexity index is 216. The maximum absolute atomic E-state index is 5.68. The fourth-order valence-corrected chi connectivity index (χ4v) is 3.10. The van der Waals surface area contributed by atoms with Gasteiger partial charge in [-0.25, -0.2) is 4.84 Å². The molecule has 0 aromatic rings. The highest BCUT2D eigenvalue weighted by atomic mass is 16.7. The molecular formula is C20H44NO+. The van der Waals surface area contributed by atoms with Crippen molar-refractivity contribution >= 4 is 0 Å². The van der Waals surface area contributed by atoms with E-state index in [1.807, 2.05) is 0 Å². The van der Waals surface area contributed by atoms with Gasteiger partial charge in [-0.15, -0.1) is 0 Å². The van der Waals surface area contributed by atoms with Gasteiger partial charge in [-0.05, 0) is 19.8 Å². The summed E-state index contributed by atoms with van der Waals surface area (Å²) in [5.41, 5.74) is 0. The average Bonchev–Trinajstić information content (AvgIpc) is 2.47. The molecule has 0 spiro atoms. The summed E-state index contributed by atoms with van der Waals surface area (Å²) in [6, 6.07) is 0. The summed E-state index contributed by atoms with van der Waals surface area (Å²) in [6.07, 6.45) is 20.0. The van der Waals surface area contributed by atoms with E-state index >= 15 is 0 Å². The van der Waals surface area contributed by atoms with Crippen molar-refractivity contribution in [1.82, 2.24) is 0 Å². The van der Waals surface area contributed by atoms with Crippen molar-refractivity contribution in [2.24, 2.45) is 0 Å². The SMILES string of the molecule is CCCCCCCCCCCCCCCC[N+](C)(C)OCC. The van der Waals surface area contributed by atoms with Gasteiger partial charge in [-0.3, -0.25) is 0 Å². The third-order valence-electron chi connectivity index (χ3n) is 4.53. The van der Waals surface area contributed by atoms with Crippen molar-refractivity contribution in [1.29, 1.82) is 0 Å². The molecule has 22 heavy (non-hydrogen) atoms. The molecule has 0 aromatic carbocycles. The van der Waals surface area contributed by atoms with E-state index in [-0.39, 0.29) is 0 Å². The second-order valence-electron chi connectivity index (χ2n) is 7.31. The van der Waals surface area contributed by atoms with Gasteiger partial charge in [0.25, 0.3) is 0 Å². The summed E-state index contributed by atoms with van der Waals surface area (Å²) in [7, 11) is 4.32. The van der Waals surface area contributed by atoms with E-state index in [4.69, 9.17) is 4.84 Å². The van der Waals surface area contributed by atoms with Crippen molar-refractivity contribution in [2.45, 2.75) is 104 Å². The van der Waals surface area contributed by atoms with Crippen molar-refractivity contribution in [3.05, 3.63) is 0 Å². The molecule has 0 aliphatic carbocycles. The number of quaternary nitrogens is 1. The van der Waals surface area contributed by atoms with Gasteiger partial charge in [0.15, 0.2) is 0 Å². The van der Waals surface area contributed by atoms with Crippen LogP contribution in [-0.4, -0.2) is 31.9 Å². The topological polar surface area (TPSA) is 9.23 Å². The van der Waals surface area contributed by atoms with Crippen LogP contribution >= 0.6 is 0 Å². The lowest BCUT2D eigenvalue weighted by molar-refractivity contribution is -1.08. The predicted molar refractivity (Wildman–Crippen MR) is 98.9 cm³/mol. The minimum atomic E-state index is 0.717. The van der Waals surface area contributed by atoms with E-state index in [0.29, 0.717) is 0 Å². The third-order valence-corrected chi connectivity index (χ3v) is 4.53. The van der Waals surface area contributed by atoms with Gasteiger partial charge in [0.2, 0.25) is 0 Å². The van der Waals surface area contributed by atoms with E-state index in [9.17, 15) is 0 Å². The fourth-order valence-electron chi connectivity index (χ4n) is 3.10. The molecule has 0 aliphatic heterocycles. The Morgan fingerprint density at radius 3 is 1.27 bits per heavy atom. The van der Waals surface area contributed by atoms with Crippen LogP contribution in [0.2, 0.25) is 0 Å². The molecule has 2 nitrogen and oxygen atoms in total. The molecule has 0 heterocycles. The predicted octanol–water partition coefficient (Wildman–Crippen LogP) is 6.50. The van der Waals surface area contributed by atoms with Gasteiger partial charge >= 0.3 is 0 Å². The van der Waals surface area contributed by atoms with Gasteiger partial charge in [0.1, 0.15) is 13.2 Å². The van der Waals surface area contributed by atoms with E-state index in [0.717, 1.165) is 17.8 Å². The molecule has 0 amide bonds. The molecule has 0 aliphatic rings. The molecule has 2 heteroatoms. The van der Waals surface area contributed by atoms with Crippen LogP contribution in [0.15, 0.2) is 0 Å². The molecule has 0 N–H and O–H groups in total. The highest BCUT2D eigenvalue weighted by Crippen LogP contribution is 2.13. The molecular weight excluding hydrogens is 270 g/mol. The van der Waals surface area contributed by atoms with Crippen LogP contribution in [0.5, 0.6) is 0 Å². The van der Waals surface area contributed by atoms with Crippen LogP contribution < -0.4 is 0 Å². The quantitative estimate of drug-likeness (QED) is 0.169. The Balaban J connectivity index is 3.11. The number of rotatable bonds is 17. The zero-order valence-corrected chi connectivity index (χ0v) is 16.2. The van der Waals surface area contributed by atoms with Gasteiger partial charge < -0.3 is 0 Å². The zero-order valence-electron chi connectivity index (χ0n) is 16.2. The number of hydrogen-bond acceptors (Lipinski definition) is 1. The summed E-state index contributed by atoms with van der Waals surface area (Å²) in [5.74, 6) is 0. The Kier molecular flexibility index (Phi) is 15.7. The highest BCUT2D eigenvalue weighted by Gasteiger charge is 2.14. The minimum Gasteiger partial charge on any atom is -0.204 e. The minimum absolute atomic E-state index is 0.717. The molecule has 0 radical (unpaired) electrons. The lowest BCUT2D eigenvalue weighted by atomic mass is 10.0. The van der Waals surface area contributed by atoms with Gasteiger partial charge in [0, 0.05) is 0 Å². The Morgan fingerprint density at radius 1 is 0.545 bits per heavy atom. The van der Waals surface area contributed by atoms with Crippen molar-refractivity contribution in [3.63, 3.8) is 0 Å². The standard InChI is InChI=1S/C20H44NO/c1-5-7-8-9-10-11-12-13-14-15-16-17-18-19-20-21(3,4)22-6-2/h5-20H2,1-4H3/q+1. The van der Waals surface area contributed by atoms with Crippen molar-refractivity contribution in [2.75, 3.05) is 27.2 Å². The van der Waals surface area contributed by atoms with Gasteiger partial charge in [-0.1, -0.05) is 84.0 Å². The van der Waals surface area contributed by atoms with E-state index in [1.165, 1.54) is 89.9 Å². The van der Waals surface area contributed by atoms with Crippen LogP contribution in [-0.2, 0) is 4.84 Å². The normalized spacial score (nSPS) is 12.0. The van der Waals surface area contributed by atoms with Crippen LogP contribution in [0.1, 0.15) is 104 Å². The maximum atomic E-state index is 5.68. The lowest BCUT2D eigenvalue weighted by Crippen LogP contribution is -2.40. The van der Waals surface area contributed by atoms with Crippen LogP contribution in [0.3, 0.4) is 0 Å². The highest BCUT2D eigenvalue weighted by molar-refractivity contribution is 4.49. The number of hydroxylamine groups is 3. The van der Waals surface area contributed by atoms with E-state index in [2.05, 4.69) is 27.9 Å². The van der Waals surface area contributed by atoms with Gasteiger partial charge in [-0.2, -0.15) is 4.65 Å². The molecule has 0 saturated heterocycles. The molecule has 0 rings (SSSR count). The van der Waals surface area contributed by atoms with Crippen molar-refractivity contribution < 1.29 is 9.48 Å². The number of hydrogen-bond donors (Lipinski definition) is 0. The van der Waals surface area contributed by atoms with E-state index < -0.39 is 0 Å². The monoisotopic (exact) mass is 314 g/mol.